The molecule has 0 amide bonds. The SMILES string of the molecule is O=c1[nH]c(-c2ccc(OCc3ccccc3)c(B(O)O)c2)nc2ccccc12. The summed E-state index contributed by atoms with van der Waals surface area (Å²) in [6.45, 7) is 0.297. The van der Waals surface area contributed by atoms with Gasteiger partial charge in [-0.05, 0) is 35.9 Å². The molecule has 6 nitrogen and oxygen atoms in total. The van der Waals surface area contributed by atoms with E-state index < -0.39 is 7.12 Å². The Kier molecular flexibility index (Phi) is 4.93. The number of aromatic amines is 1. The van der Waals surface area contributed by atoms with Gasteiger partial charge >= 0.3 is 7.12 Å². The average Bonchev–Trinajstić information content (AvgIpc) is 2.73. The quantitative estimate of drug-likeness (QED) is 0.465. The Bertz CT molecular complexity index is 1180. The largest absolute Gasteiger partial charge is 0.492 e. The molecule has 4 aromatic rings. The number of hydrogen-bond donors (Lipinski definition) is 3. The molecule has 0 unspecified atom stereocenters. The fourth-order valence-electron chi connectivity index (χ4n) is 2.99. The van der Waals surface area contributed by atoms with Crippen LogP contribution < -0.4 is 15.8 Å². The summed E-state index contributed by atoms with van der Waals surface area (Å²) in [5.74, 6) is 0.700. The molecule has 0 fully saturated rings. The highest BCUT2D eigenvalue weighted by molar-refractivity contribution is 6.59. The van der Waals surface area contributed by atoms with Gasteiger partial charge in [-0.1, -0.05) is 42.5 Å². The van der Waals surface area contributed by atoms with E-state index in [1.807, 2.05) is 36.4 Å². The molecule has 0 radical (unpaired) electrons. The number of nitrogens with zero attached hydrogens (tertiary/aromatic N) is 1. The van der Waals surface area contributed by atoms with Gasteiger partial charge in [-0.3, -0.25) is 4.79 Å². The first-order chi connectivity index (χ1) is 13.6. The second kappa shape index (κ2) is 7.68. The van der Waals surface area contributed by atoms with Gasteiger partial charge in [-0.2, -0.15) is 0 Å². The van der Waals surface area contributed by atoms with Crippen molar-refractivity contribution in [2.75, 3.05) is 0 Å². The molecule has 1 heterocycles. The van der Waals surface area contributed by atoms with E-state index in [9.17, 15) is 14.8 Å². The molecule has 0 saturated heterocycles. The smallest absolute Gasteiger partial charge is 0.489 e. The van der Waals surface area contributed by atoms with Crippen LogP contribution in [0.3, 0.4) is 0 Å². The molecule has 138 valence electrons. The second-order valence-corrected chi connectivity index (χ2v) is 6.33. The molecule has 1 aromatic heterocycles. The molecule has 4 rings (SSSR count). The van der Waals surface area contributed by atoms with Crippen LogP contribution in [0.15, 0.2) is 77.6 Å². The fraction of sp³-hybridized carbons (Fsp3) is 0.0476. The molecule has 0 bridgehead atoms. The van der Waals surface area contributed by atoms with Gasteiger partial charge in [0.2, 0.25) is 0 Å². The first kappa shape index (κ1) is 18.0. The minimum Gasteiger partial charge on any atom is -0.489 e. The summed E-state index contributed by atoms with van der Waals surface area (Å²) >= 11 is 0. The van der Waals surface area contributed by atoms with Gasteiger partial charge < -0.3 is 19.8 Å². The van der Waals surface area contributed by atoms with Gasteiger partial charge in [0.15, 0.2) is 0 Å². The minimum absolute atomic E-state index is 0.198. The van der Waals surface area contributed by atoms with Gasteiger partial charge in [0.05, 0.1) is 10.9 Å². The van der Waals surface area contributed by atoms with E-state index in [0.717, 1.165) is 5.56 Å². The summed E-state index contributed by atoms with van der Waals surface area (Å²) in [7, 11) is -1.72. The van der Waals surface area contributed by atoms with E-state index in [4.69, 9.17) is 4.74 Å². The van der Waals surface area contributed by atoms with Crippen LogP contribution >= 0.6 is 0 Å². The maximum atomic E-state index is 12.3. The van der Waals surface area contributed by atoms with Crippen molar-refractivity contribution in [1.82, 2.24) is 9.97 Å². The Morgan fingerprint density at radius 3 is 2.50 bits per heavy atom. The second-order valence-electron chi connectivity index (χ2n) is 6.33. The summed E-state index contributed by atoms with van der Waals surface area (Å²) in [5, 5.41) is 20.1. The average molecular weight is 372 g/mol. The third-order valence-corrected chi connectivity index (χ3v) is 4.41. The fourth-order valence-corrected chi connectivity index (χ4v) is 2.99. The summed E-state index contributed by atoms with van der Waals surface area (Å²) < 4.78 is 5.76. The van der Waals surface area contributed by atoms with Gasteiger partial charge in [-0.15, -0.1) is 0 Å². The normalized spacial score (nSPS) is 10.8. The van der Waals surface area contributed by atoms with Crippen LogP contribution in [0.4, 0.5) is 0 Å². The van der Waals surface area contributed by atoms with Crippen molar-refractivity contribution in [2.45, 2.75) is 6.61 Å². The van der Waals surface area contributed by atoms with Crippen LogP contribution in [-0.2, 0) is 6.61 Å². The molecule has 7 heteroatoms. The Balaban J connectivity index is 1.69. The molecule has 0 aliphatic heterocycles. The molecule has 0 spiro atoms. The van der Waals surface area contributed by atoms with Crippen molar-refractivity contribution in [3.05, 3.63) is 88.7 Å². The predicted molar refractivity (Wildman–Crippen MR) is 108 cm³/mol. The molecule has 3 aromatic carbocycles. The lowest BCUT2D eigenvalue weighted by Gasteiger charge is -2.13. The number of hydrogen-bond acceptors (Lipinski definition) is 5. The van der Waals surface area contributed by atoms with Crippen LogP contribution in [-0.4, -0.2) is 27.1 Å². The highest BCUT2D eigenvalue weighted by atomic mass is 16.5. The number of ether oxygens (including phenoxy) is 1. The molecule has 0 saturated carbocycles. The van der Waals surface area contributed by atoms with Crippen molar-refractivity contribution in [2.24, 2.45) is 0 Å². The molecular weight excluding hydrogens is 355 g/mol. The Morgan fingerprint density at radius 1 is 0.964 bits per heavy atom. The van der Waals surface area contributed by atoms with Crippen molar-refractivity contribution in [3.63, 3.8) is 0 Å². The minimum atomic E-state index is -1.72. The monoisotopic (exact) mass is 372 g/mol. The van der Waals surface area contributed by atoms with Gasteiger partial charge in [0, 0.05) is 11.0 Å². The molecule has 0 aliphatic rings. The van der Waals surface area contributed by atoms with Gasteiger partial charge in [0.1, 0.15) is 18.2 Å². The predicted octanol–water partition coefficient (Wildman–Crippen LogP) is 1.85. The first-order valence-electron chi connectivity index (χ1n) is 8.78. The zero-order valence-corrected chi connectivity index (χ0v) is 14.9. The third kappa shape index (κ3) is 3.66. The van der Waals surface area contributed by atoms with E-state index in [1.165, 1.54) is 0 Å². The summed E-state index contributed by atoms with van der Waals surface area (Å²) in [4.78, 5) is 19.5. The van der Waals surface area contributed by atoms with E-state index in [0.29, 0.717) is 34.6 Å². The maximum absolute atomic E-state index is 12.3. The van der Waals surface area contributed by atoms with Crippen LogP contribution in [0, 0.1) is 0 Å². The van der Waals surface area contributed by atoms with E-state index in [1.54, 1.807) is 36.4 Å². The number of benzene rings is 3. The molecule has 28 heavy (non-hydrogen) atoms. The van der Waals surface area contributed by atoms with Gasteiger partial charge in [0.25, 0.3) is 5.56 Å². The molecule has 3 N–H and O–H groups in total. The summed E-state index contributed by atoms with van der Waals surface area (Å²) in [6.07, 6.45) is 0. The number of aromatic nitrogens is 2. The van der Waals surface area contributed by atoms with E-state index in [-0.39, 0.29) is 11.0 Å². The number of rotatable bonds is 5. The zero-order valence-electron chi connectivity index (χ0n) is 14.9. The highest BCUT2D eigenvalue weighted by Crippen LogP contribution is 2.20. The Labute approximate surface area is 161 Å². The van der Waals surface area contributed by atoms with Crippen LogP contribution in [0.25, 0.3) is 22.3 Å². The number of H-pyrrole nitrogens is 1. The van der Waals surface area contributed by atoms with Crippen LogP contribution in [0.5, 0.6) is 5.75 Å². The lowest BCUT2D eigenvalue weighted by Crippen LogP contribution is -2.31. The Hall–Kier alpha value is -3.42. The third-order valence-electron chi connectivity index (χ3n) is 4.41. The van der Waals surface area contributed by atoms with E-state index in [2.05, 4.69) is 9.97 Å². The van der Waals surface area contributed by atoms with Crippen molar-refractivity contribution in [3.8, 4) is 17.1 Å². The van der Waals surface area contributed by atoms with Gasteiger partial charge in [-0.25, -0.2) is 4.98 Å². The molecular formula is C21H17BN2O4. The van der Waals surface area contributed by atoms with Crippen molar-refractivity contribution < 1.29 is 14.8 Å². The summed E-state index contributed by atoms with van der Waals surface area (Å²) in [5.41, 5.74) is 2.03. The van der Waals surface area contributed by atoms with Crippen LogP contribution in [0.2, 0.25) is 0 Å². The van der Waals surface area contributed by atoms with Crippen molar-refractivity contribution in [1.29, 1.82) is 0 Å². The number of nitrogens with one attached hydrogen (secondary N) is 1. The summed E-state index contributed by atoms with van der Waals surface area (Å²) in [6, 6.07) is 21.5. The number of para-hydroxylation sites is 1. The Morgan fingerprint density at radius 2 is 1.71 bits per heavy atom. The molecule has 0 aliphatic carbocycles. The van der Waals surface area contributed by atoms with Crippen molar-refractivity contribution >= 4 is 23.5 Å². The molecule has 0 atom stereocenters. The van der Waals surface area contributed by atoms with E-state index >= 15 is 0 Å². The topological polar surface area (TPSA) is 95.4 Å². The lowest BCUT2D eigenvalue weighted by molar-refractivity contribution is 0.306. The lowest BCUT2D eigenvalue weighted by atomic mass is 9.78. The van der Waals surface area contributed by atoms with Crippen LogP contribution in [0.1, 0.15) is 5.56 Å². The maximum Gasteiger partial charge on any atom is 0.492 e. The first-order valence-corrected chi connectivity index (χ1v) is 8.78. The zero-order chi connectivity index (χ0) is 19.5. The highest BCUT2D eigenvalue weighted by Gasteiger charge is 2.19. The standard InChI is InChI=1S/C21H17BN2O4/c25-21-16-8-4-5-9-18(16)23-20(24-21)15-10-11-19(17(12-15)22(26)27)28-13-14-6-2-1-3-7-14/h1-12,26-27H,13H2,(H,23,24,25). The number of fused-ring (bicyclic) bond motifs is 1.